The van der Waals surface area contributed by atoms with Gasteiger partial charge in [-0.1, -0.05) is 25.0 Å². The van der Waals surface area contributed by atoms with Crippen molar-refractivity contribution in [2.24, 2.45) is 11.8 Å². The van der Waals surface area contributed by atoms with E-state index in [0.717, 1.165) is 12.8 Å². The number of carbonyl (C=O) groups excluding carboxylic acids is 1. The van der Waals surface area contributed by atoms with E-state index in [2.05, 4.69) is 18.5 Å². The molecule has 8 heteroatoms. The highest BCUT2D eigenvalue weighted by atomic mass is 32.2. The zero-order valence-corrected chi connectivity index (χ0v) is 16.5. The van der Waals surface area contributed by atoms with E-state index in [0.29, 0.717) is 18.5 Å². The van der Waals surface area contributed by atoms with Gasteiger partial charge in [0.25, 0.3) is 0 Å². The molecule has 1 amide bonds. The Morgan fingerprint density at radius 1 is 1.07 bits per heavy atom. The van der Waals surface area contributed by atoms with Crippen LogP contribution in [-0.4, -0.2) is 42.8 Å². The minimum absolute atomic E-state index is 0.0928. The molecule has 0 aliphatic heterocycles. The number of carboxylic acids is 1. The van der Waals surface area contributed by atoms with E-state index in [1.165, 1.54) is 40.7 Å². The highest BCUT2D eigenvalue weighted by molar-refractivity contribution is 7.89. The van der Waals surface area contributed by atoms with Crippen LogP contribution in [0.1, 0.15) is 25.7 Å². The van der Waals surface area contributed by atoms with E-state index < -0.39 is 27.8 Å². The van der Waals surface area contributed by atoms with E-state index in [-0.39, 0.29) is 23.9 Å². The SMILES string of the molecule is C=CCN(CC=C)S(=O)(=O)c1ccc(NC(=O)[C@@H]2CCCC[C@H]2C(=O)O)cc1. The van der Waals surface area contributed by atoms with E-state index in [1.807, 2.05) is 0 Å². The molecule has 2 rings (SSSR count). The Labute approximate surface area is 165 Å². The van der Waals surface area contributed by atoms with Crippen LogP contribution in [0, 0.1) is 11.8 Å². The Morgan fingerprint density at radius 2 is 1.61 bits per heavy atom. The number of amides is 1. The smallest absolute Gasteiger partial charge is 0.307 e. The molecular weight excluding hydrogens is 380 g/mol. The minimum atomic E-state index is -3.71. The predicted molar refractivity (Wildman–Crippen MR) is 107 cm³/mol. The summed E-state index contributed by atoms with van der Waals surface area (Å²) in [5, 5.41) is 12.0. The van der Waals surface area contributed by atoms with Crippen molar-refractivity contribution in [3.05, 3.63) is 49.6 Å². The number of aliphatic carboxylic acids is 1. The summed E-state index contributed by atoms with van der Waals surface area (Å²) < 4.78 is 26.6. The third kappa shape index (κ3) is 5.08. The van der Waals surface area contributed by atoms with Gasteiger partial charge in [0, 0.05) is 18.8 Å². The molecule has 152 valence electrons. The Hall–Kier alpha value is -2.45. The van der Waals surface area contributed by atoms with Gasteiger partial charge in [0.15, 0.2) is 0 Å². The molecule has 1 aliphatic carbocycles. The molecule has 1 saturated carbocycles. The summed E-state index contributed by atoms with van der Waals surface area (Å²) in [5.41, 5.74) is 0.428. The summed E-state index contributed by atoms with van der Waals surface area (Å²) in [6.07, 6.45) is 5.65. The maximum absolute atomic E-state index is 12.7. The van der Waals surface area contributed by atoms with E-state index >= 15 is 0 Å². The maximum atomic E-state index is 12.7. The molecule has 0 spiro atoms. The highest BCUT2D eigenvalue weighted by Gasteiger charge is 2.35. The Morgan fingerprint density at radius 3 is 2.11 bits per heavy atom. The van der Waals surface area contributed by atoms with Crippen molar-refractivity contribution < 1.29 is 23.1 Å². The van der Waals surface area contributed by atoms with Crippen LogP contribution < -0.4 is 5.32 Å². The van der Waals surface area contributed by atoms with Crippen LogP contribution in [0.4, 0.5) is 5.69 Å². The number of hydrogen-bond donors (Lipinski definition) is 2. The van der Waals surface area contributed by atoms with Crippen LogP contribution >= 0.6 is 0 Å². The number of benzene rings is 1. The molecule has 2 N–H and O–H groups in total. The first-order valence-electron chi connectivity index (χ1n) is 9.17. The second kappa shape index (κ2) is 9.66. The number of carboxylic acid groups (broad SMARTS) is 1. The molecule has 0 radical (unpaired) electrons. The van der Waals surface area contributed by atoms with Crippen LogP contribution in [0.2, 0.25) is 0 Å². The summed E-state index contributed by atoms with van der Waals surface area (Å²) in [6.45, 7) is 7.46. The largest absolute Gasteiger partial charge is 0.481 e. The first-order valence-corrected chi connectivity index (χ1v) is 10.6. The van der Waals surface area contributed by atoms with Crippen LogP contribution in [0.3, 0.4) is 0 Å². The fourth-order valence-corrected chi connectivity index (χ4v) is 4.77. The van der Waals surface area contributed by atoms with Gasteiger partial charge < -0.3 is 10.4 Å². The Kier molecular flexibility index (Phi) is 7.53. The molecule has 1 fully saturated rings. The van der Waals surface area contributed by atoms with Crippen molar-refractivity contribution in [2.45, 2.75) is 30.6 Å². The third-order valence-corrected chi connectivity index (χ3v) is 6.69. The van der Waals surface area contributed by atoms with Gasteiger partial charge in [-0.15, -0.1) is 13.2 Å². The van der Waals surface area contributed by atoms with Gasteiger partial charge in [0.05, 0.1) is 16.7 Å². The highest BCUT2D eigenvalue weighted by Crippen LogP contribution is 2.31. The van der Waals surface area contributed by atoms with Crippen LogP contribution in [-0.2, 0) is 19.6 Å². The summed E-state index contributed by atoms with van der Waals surface area (Å²) >= 11 is 0. The third-order valence-electron chi connectivity index (χ3n) is 4.85. The second-order valence-corrected chi connectivity index (χ2v) is 8.69. The Balaban J connectivity index is 2.13. The molecule has 0 saturated heterocycles. The molecule has 0 bridgehead atoms. The van der Waals surface area contributed by atoms with E-state index in [4.69, 9.17) is 0 Å². The molecular formula is C20H26N2O5S. The molecule has 28 heavy (non-hydrogen) atoms. The molecule has 2 atom stereocenters. The molecule has 1 aromatic rings. The fourth-order valence-electron chi connectivity index (χ4n) is 3.39. The van der Waals surface area contributed by atoms with Crippen molar-refractivity contribution in [2.75, 3.05) is 18.4 Å². The van der Waals surface area contributed by atoms with Gasteiger partial charge in [-0.2, -0.15) is 4.31 Å². The second-order valence-electron chi connectivity index (χ2n) is 6.75. The molecule has 0 unspecified atom stereocenters. The minimum Gasteiger partial charge on any atom is -0.481 e. The van der Waals surface area contributed by atoms with Crippen LogP contribution in [0.5, 0.6) is 0 Å². The average Bonchev–Trinajstić information content (AvgIpc) is 2.68. The van der Waals surface area contributed by atoms with Gasteiger partial charge in [-0.3, -0.25) is 9.59 Å². The van der Waals surface area contributed by atoms with Gasteiger partial charge in [0.2, 0.25) is 15.9 Å². The number of anilines is 1. The lowest BCUT2D eigenvalue weighted by Gasteiger charge is -2.27. The number of rotatable bonds is 9. The molecule has 0 aromatic heterocycles. The van der Waals surface area contributed by atoms with Crippen molar-refractivity contribution in [1.29, 1.82) is 0 Å². The van der Waals surface area contributed by atoms with Crippen LogP contribution in [0.15, 0.2) is 54.5 Å². The molecule has 0 heterocycles. The number of carbonyl (C=O) groups is 2. The summed E-state index contributed by atoms with van der Waals surface area (Å²) in [6, 6.07) is 5.84. The zero-order chi connectivity index (χ0) is 20.7. The number of nitrogens with zero attached hydrogens (tertiary/aromatic N) is 1. The van der Waals surface area contributed by atoms with Gasteiger partial charge in [0.1, 0.15) is 0 Å². The standard InChI is InChI=1S/C20H26N2O5S/c1-3-13-22(14-4-2)28(26,27)16-11-9-15(10-12-16)21-19(23)17-7-5-6-8-18(17)20(24)25/h3-4,9-12,17-18H,1-2,5-8,13-14H2,(H,21,23)(H,24,25)/t17-,18-/m1/s1. The fraction of sp³-hybridized carbons (Fsp3) is 0.400. The zero-order valence-electron chi connectivity index (χ0n) is 15.7. The van der Waals surface area contributed by atoms with Crippen LogP contribution in [0.25, 0.3) is 0 Å². The lowest BCUT2D eigenvalue weighted by atomic mass is 9.78. The number of nitrogens with one attached hydrogen (secondary N) is 1. The van der Waals surface area contributed by atoms with E-state index in [1.54, 1.807) is 0 Å². The summed E-state index contributed by atoms with van der Waals surface area (Å²) in [5.74, 6) is -2.56. The number of hydrogen-bond acceptors (Lipinski definition) is 4. The lowest BCUT2D eigenvalue weighted by Crippen LogP contribution is -2.36. The van der Waals surface area contributed by atoms with Gasteiger partial charge in [-0.25, -0.2) is 8.42 Å². The lowest BCUT2D eigenvalue weighted by molar-refractivity contribution is -0.147. The molecule has 1 aliphatic rings. The average molecular weight is 407 g/mol. The van der Waals surface area contributed by atoms with Crippen molar-refractivity contribution in [3.63, 3.8) is 0 Å². The van der Waals surface area contributed by atoms with Crippen molar-refractivity contribution >= 4 is 27.6 Å². The van der Waals surface area contributed by atoms with Gasteiger partial charge >= 0.3 is 5.97 Å². The summed E-state index contributed by atoms with van der Waals surface area (Å²) in [4.78, 5) is 24.0. The first kappa shape index (κ1) is 21.8. The van der Waals surface area contributed by atoms with E-state index in [9.17, 15) is 23.1 Å². The van der Waals surface area contributed by atoms with Crippen molar-refractivity contribution in [3.8, 4) is 0 Å². The number of sulfonamides is 1. The maximum Gasteiger partial charge on any atom is 0.307 e. The summed E-state index contributed by atoms with van der Waals surface area (Å²) in [7, 11) is -3.71. The monoisotopic (exact) mass is 406 g/mol. The normalized spacial score (nSPS) is 19.8. The van der Waals surface area contributed by atoms with Crippen molar-refractivity contribution in [1.82, 2.24) is 4.31 Å². The molecule has 1 aromatic carbocycles. The predicted octanol–water partition coefficient (Wildman–Crippen LogP) is 2.88. The topological polar surface area (TPSA) is 104 Å². The van der Waals surface area contributed by atoms with Gasteiger partial charge in [-0.05, 0) is 37.1 Å². The first-order chi connectivity index (χ1) is 13.3. The molecule has 7 nitrogen and oxygen atoms in total. The quantitative estimate of drug-likeness (QED) is 0.614. The Bertz CT molecular complexity index is 823.